The molecule has 0 amide bonds. The van der Waals surface area contributed by atoms with Gasteiger partial charge < -0.3 is 5.32 Å². The lowest BCUT2D eigenvalue weighted by Gasteiger charge is -2.43. The molecule has 1 aliphatic rings. The van der Waals surface area contributed by atoms with E-state index in [0.717, 1.165) is 21.0 Å². The molecule has 1 aromatic heterocycles. The van der Waals surface area contributed by atoms with Gasteiger partial charge in [-0.15, -0.1) is 17.3 Å². The van der Waals surface area contributed by atoms with Crippen LogP contribution in [0.25, 0.3) is 20.2 Å². The largest absolute Gasteiger partial charge is 0.362 e. The van der Waals surface area contributed by atoms with Crippen LogP contribution in [0.1, 0.15) is 38.8 Å². The zero-order valence-electron chi connectivity index (χ0n) is 16.6. The standard InChI is InChI=1S/C22H21FN2O2S2/c1-5-6-13-7-8-18-15(9-13)16-10-14(11-17(23)19(16)28-18)22(4)12-29(26,27)21(2,3)20(24)25-22/h7-11H,12H2,1-4H3,(H2,24,25)/t22-/m0/s1. The first-order valence-corrected chi connectivity index (χ1v) is 11.6. The molecule has 2 N–H and O–H groups in total. The highest BCUT2D eigenvalue weighted by molar-refractivity contribution is 7.93. The predicted molar refractivity (Wildman–Crippen MR) is 118 cm³/mol. The van der Waals surface area contributed by atoms with Gasteiger partial charge in [0.1, 0.15) is 16.4 Å². The summed E-state index contributed by atoms with van der Waals surface area (Å²) in [6.45, 7) is 6.51. The van der Waals surface area contributed by atoms with Crippen molar-refractivity contribution in [3.63, 3.8) is 0 Å². The minimum Gasteiger partial charge on any atom is -0.362 e. The number of rotatable bonds is 1. The van der Waals surface area contributed by atoms with E-state index in [1.54, 1.807) is 13.8 Å². The zero-order chi connectivity index (χ0) is 21.2. The molecule has 1 aliphatic heterocycles. The van der Waals surface area contributed by atoms with Crippen LogP contribution in [0, 0.1) is 23.1 Å². The second kappa shape index (κ2) is 6.28. The average Bonchev–Trinajstić information content (AvgIpc) is 2.99. The molecule has 150 valence electrons. The molecule has 1 fully saturated rings. The summed E-state index contributed by atoms with van der Waals surface area (Å²) >= 11 is 1.37. The number of fused-ring (bicyclic) bond motifs is 3. The van der Waals surface area contributed by atoms with E-state index in [2.05, 4.69) is 17.2 Å². The van der Waals surface area contributed by atoms with Crippen molar-refractivity contribution in [1.82, 2.24) is 5.32 Å². The maximum absolute atomic E-state index is 15.1. The Hall–Kier alpha value is -2.43. The van der Waals surface area contributed by atoms with Gasteiger partial charge in [0.25, 0.3) is 0 Å². The molecule has 2 aromatic carbocycles. The molecule has 0 saturated carbocycles. The fourth-order valence-electron chi connectivity index (χ4n) is 3.71. The molecule has 4 rings (SSSR count). The Morgan fingerprint density at radius 2 is 1.90 bits per heavy atom. The Kier molecular flexibility index (Phi) is 4.30. The van der Waals surface area contributed by atoms with Crippen molar-refractivity contribution in [1.29, 1.82) is 5.41 Å². The summed E-state index contributed by atoms with van der Waals surface area (Å²) in [5, 5.41) is 12.9. The zero-order valence-corrected chi connectivity index (χ0v) is 18.2. The molecule has 1 saturated heterocycles. The molecular formula is C22H21FN2O2S2. The van der Waals surface area contributed by atoms with Crippen LogP contribution in [0.3, 0.4) is 0 Å². The van der Waals surface area contributed by atoms with E-state index in [1.165, 1.54) is 31.3 Å². The lowest BCUT2D eigenvalue weighted by atomic mass is 9.91. The summed E-state index contributed by atoms with van der Waals surface area (Å²) in [5.74, 6) is 5.21. The second-order valence-electron chi connectivity index (χ2n) is 8.12. The van der Waals surface area contributed by atoms with Crippen LogP contribution in [-0.2, 0) is 15.4 Å². The molecule has 0 aliphatic carbocycles. The fraction of sp³-hybridized carbons (Fsp3) is 0.318. The molecule has 2 heterocycles. The van der Waals surface area contributed by atoms with Crippen LogP contribution >= 0.6 is 11.3 Å². The summed E-state index contributed by atoms with van der Waals surface area (Å²) in [7, 11) is -3.60. The van der Waals surface area contributed by atoms with Gasteiger partial charge >= 0.3 is 0 Å². The third-order valence-corrected chi connectivity index (χ3v) is 9.60. The highest BCUT2D eigenvalue weighted by Gasteiger charge is 2.50. The number of hydrogen-bond donors (Lipinski definition) is 2. The van der Waals surface area contributed by atoms with Crippen molar-refractivity contribution in [3.05, 3.63) is 47.3 Å². The van der Waals surface area contributed by atoms with E-state index < -0.39 is 25.9 Å². The monoisotopic (exact) mass is 428 g/mol. The minimum absolute atomic E-state index is 0.0811. The fourth-order valence-corrected chi connectivity index (χ4v) is 6.50. The van der Waals surface area contributed by atoms with E-state index >= 15 is 4.39 Å². The van der Waals surface area contributed by atoms with Crippen molar-refractivity contribution >= 4 is 47.2 Å². The molecule has 29 heavy (non-hydrogen) atoms. The van der Waals surface area contributed by atoms with Gasteiger partial charge in [-0.3, -0.25) is 5.41 Å². The van der Waals surface area contributed by atoms with E-state index in [0.29, 0.717) is 10.3 Å². The van der Waals surface area contributed by atoms with E-state index in [9.17, 15) is 8.42 Å². The minimum atomic E-state index is -3.60. The number of nitrogens with one attached hydrogen (secondary N) is 2. The van der Waals surface area contributed by atoms with Crippen LogP contribution in [0.2, 0.25) is 0 Å². The molecular weight excluding hydrogens is 407 g/mol. The summed E-state index contributed by atoms with van der Waals surface area (Å²) in [4.78, 5) is 0. The first kappa shape index (κ1) is 19.9. The normalized spacial score (nSPS) is 22.9. The molecule has 3 aromatic rings. The van der Waals surface area contributed by atoms with Gasteiger partial charge in [-0.1, -0.05) is 5.92 Å². The smallest absolute Gasteiger partial charge is 0.165 e. The van der Waals surface area contributed by atoms with Crippen molar-refractivity contribution in [2.75, 3.05) is 5.75 Å². The van der Waals surface area contributed by atoms with E-state index in [1.807, 2.05) is 24.3 Å². The summed E-state index contributed by atoms with van der Waals surface area (Å²) < 4.78 is 40.9. The lowest BCUT2D eigenvalue weighted by Crippen LogP contribution is -2.63. The Bertz CT molecular complexity index is 1360. The molecule has 1 atom stereocenters. The second-order valence-corrected chi connectivity index (χ2v) is 11.7. The van der Waals surface area contributed by atoms with Gasteiger partial charge in [0.05, 0.1) is 16.0 Å². The van der Waals surface area contributed by atoms with Crippen molar-refractivity contribution in [3.8, 4) is 11.8 Å². The summed E-state index contributed by atoms with van der Waals surface area (Å²) in [6.07, 6.45) is 0. The molecule has 0 radical (unpaired) electrons. The lowest BCUT2D eigenvalue weighted by molar-refractivity contribution is 0.441. The van der Waals surface area contributed by atoms with Gasteiger partial charge in [0.15, 0.2) is 9.84 Å². The Morgan fingerprint density at radius 1 is 1.17 bits per heavy atom. The maximum atomic E-state index is 15.1. The SMILES string of the molecule is CC#Cc1ccc2sc3c(F)cc([C@]4(C)CS(=O)(=O)C(C)(C)C(=N)N4)cc3c2c1. The summed E-state index contributed by atoms with van der Waals surface area (Å²) in [6, 6.07) is 9.01. The number of amidine groups is 1. The van der Waals surface area contributed by atoms with Gasteiger partial charge in [-0.25, -0.2) is 12.8 Å². The third-order valence-electron chi connectivity index (χ3n) is 5.69. The summed E-state index contributed by atoms with van der Waals surface area (Å²) in [5.41, 5.74) is 0.270. The van der Waals surface area contributed by atoms with E-state index in [4.69, 9.17) is 5.41 Å². The number of benzene rings is 2. The van der Waals surface area contributed by atoms with Gasteiger partial charge in [-0.2, -0.15) is 0 Å². The maximum Gasteiger partial charge on any atom is 0.165 e. The molecule has 0 spiro atoms. The Balaban J connectivity index is 1.94. The van der Waals surface area contributed by atoms with Crippen LogP contribution in [0.15, 0.2) is 30.3 Å². The van der Waals surface area contributed by atoms with Crippen LogP contribution in [0.5, 0.6) is 0 Å². The molecule has 4 nitrogen and oxygen atoms in total. The Morgan fingerprint density at radius 3 is 2.55 bits per heavy atom. The van der Waals surface area contributed by atoms with Crippen molar-refractivity contribution < 1.29 is 12.8 Å². The van der Waals surface area contributed by atoms with Crippen LogP contribution in [0.4, 0.5) is 4.39 Å². The highest BCUT2D eigenvalue weighted by Crippen LogP contribution is 2.40. The number of sulfone groups is 1. The third kappa shape index (κ3) is 2.93. The van der Waals surface area contributed by atoms with Gasteiger partial charge in [0, 0.05) is 21.0 Å². The van der Waals surface area contributed by atoms with Crippen LogP contribution < -0.4 is 5.32 Å². The first-order chi connectivity index (χ1) is 13.5. The van der Waals surface area contributed by atoms with Crippen molar-refractivity contribution in [2.45, 2.75) is 38.0 Å². The van der Waals surface area contributed by atoms with Gasteiger partial charge in [0.2, 0.25) is 0 Å². The number of halogens is 1. The van der Waals surface area contributed by atoms with Crippen molar-refractivity contribution in [2.24, 2.45) is 0 Å². The first-order valence-electron chi connectivity index (χ1n) is 9.17. The van der Waals surface area contributed by atoms with E-state index in [-0.39, 0.29) is 11.6 Å². The topological polar surface area (TPSA) is 70.0 Å². The average molecular weight is 429 g/mol. The molecule has 0 unspecified atom stereocenters. The molecule has 7 heteroatoms. The predicted octanol–water partition coefficient (Wildman–Crippen LogP) is 4.55. The highest BCUT2D eigenvalue weighted by atomic mass is 32.2. The Labute approximate surface area is 173 Å². The molecule has 0 bridgehead atoms. The van der Waals surface area contributed by atoms with Crippen LogP contribution in [-0.4, -0.2) is 24.8 Å². The quantitative estimate of drug-likeness (QED) is 0.559. The number of hydrogen-bond acceptors (Lipinski definition) is 4. The van der Waals surface area contributed by atoms with Gasteiger partial charge in [-0.05, 0) is 63.6 Å². The number of thiophene rings is 1.